The average molecular weight is 272 g/mol. The van der Waals surface area contributed by atoms with Crippen LogP contribution in [-0.4, -0.2) is 32.4 Å². The highest BCUT2D eigenvalue weighted by molar-refractivity contribution is 6.80. The Balaban J connectivity index is 2.51. The van der Waals surface area contributed by atoms with Gasteiger partial charge in [-0.2, -0.15) is 0 Å². The van der Waals surface area contributed by atoms with Crippen LogP contribution in [0.15, 0.2) is 0 Å². The van der Waals surface area contributed by atoms with Crippen LogP contribution >= 0.6 is 0 Å². The largest absolute Gasteiger partial charge is 0.464 e. The van der Waals surface area contributed by atoms with Gasteiger partial charge >= 0.3 is 5.97 Å². The van der Waals surface area contributed by atoms with Gasteiger partial charge in [0.25, 0.3) is 0 Å². The lowest BCUT2D eigenvalue weighted by Gasteiger charge is -2.48. The van der Waals surface area contributed by atoms with E-state index < -0.39 is 13.7 Å². The summed E-state index contributed by atoms with van der Waals surface area (Å²) in [5.74, 6) is -0.212. The molecule has 1 saturated heterocycles. The number of carbonyl (C=O) groups excluding carboxylic acids is 1. The third kappa shape index (κ3) is 3.15. The minimum Gasteiger partial charge on any atom is -0.464 e. The Kier molecular flexibility index (Phi) is 4.33. The molecule has 106 valence electrons. The van der Waals surface area contributed by atoms with Crippen LogP contribution in [0.3, 0.4) is 0 Å². The monoisotopic (exact) mass is 272 g/mol. The molecular weight excluding hydrogens is 244 g/mol. The number of hydrogen-bond acceptors (Lipinski definition) is 3. The molecule has 0 radical (unpaired) electrons. The van der Waals surface area contributed by atoms with Crippen LogP contribution in [0.4, 0.5) is 0 Å². The summed E-state index contributed by atoms with van der Waals surface area (Å²) in [7, 11) is -1.33. The molecule has 0 aromatic carbocycles. The summed E-state index contributed by atoms with van der Waals surface area (Å²) < 4.78 is 10.9. The molecule has 0 saturated carbocycles. The number of rotatable bonds is 4. The Morgan fingerprint density at radius 1 is 1.44 bits per heavy atom. The molecule has 4 heteroatoms. The van der Waals surface area contributed by atoms with E-state index in [4.69, 9.17) is 9.47 Å². The van der Waals surface area contributed by atoms with Crippen LogP contribution in [0, 0.1) is 0 Å². The van der Waals surface area contributed by atoms with Gasteiger partial charge in [0.1, 0.15) is 0 Å². The van der Waals surface area contributed by atoms with Crippen molar-refractivity contribution in [1.82, 2.24) is 0 Å². The van der Waals surface area contributed by atoms with Gasteiger partial charge in [-0.15, -0.1) is 0 Å². The first-order valence-electron chi connectivity index (χ1n) is 6.87. The summed E-state index contributed by atoms with van der Waals surface area (Å²) in [6.07, 6.45) is 1.04. The van der Waals surface area contributed by atoms with Crippen molar-refractivity contribution in [2.24, 2.45) is 0 Å². The highest BCUT2D eigenvalue weighted by atomic mass is 28.3. The van der Waals surface area contributed by atoms with E-state index in [9.17, 15) is 4.79 Å². The molecule has 1 rings (SSSR count). The molecule has 0 bridgehead atoms. The second-order valence-corrected chi connectivity index (χ2v) is 12.9. The van der Waals surface area contributed by atoms with E-state index in [2.05, 4.69) is 33.9 Å². The van der Waals surface area contributed by atoms with Crippen LogP contribution < -0.4 is 0 Å². The van der Waals surface area contributed by atoms with Crippen molar-refractivity contribution >= 4 is 14.0 Å². The molecule has 0 unspecified atom stereocenters. The molecule has 2 atom stereocenters. The quantitative estimate of drug-likeness (QED) is 0.579. The van der Waals surface area contributed by atoms with Crippen molar-refractivity contribution in [2.45, 2.75) is 76.9 Å². The fourth-order valence-corrected chi connectivity index (χ4v) is 4.18. The van der Waals surface area contributed by atoms with E-state index in [-0.39, 0.29) is 12.1 Å². The lowest BCUT2D eigenvalue weighted by Crippen LogP contribution is -2.57. The van der Waals surface area contributed by atoms with Gasteiger partial charge in [-0.25, -0.2) is 4.79 Å². The second kappa shape index (κ2) is 4.97. The second-order valence-electron chi connectivity index (χ2n) is 7.23. The Bertz CT molecular complexity index is 311. The zero-order valence-electron chi connectivity index (χ0n) is 12.9. The van der Waals surface area contributed by atoms with E-state index in [0.717, 1.165) is 12.5 Å². The van der Waals surface area contributed by atoms with Gasteiger partial charge in [-0.3, -0.25) is 0 Å². The van der Waals surface area contributed by atoms with Crippen molar-refractivity contribution < 1.29 is 14.3 Å². The van der Waals surface area contributed by atoms with E-state index >= 15 is 0 Å². The molecule has 0 aliphatic carbocycles. The van der Waals surface area contributed by atoms with Crippen molar-refractivity contribution in [1.29, 1.82) is 0 Å². The topological polar surface area (TPSA) is 35.5 Å². The Hall–Kier alpha value is -0.353. The molecule has 1 fully saturated rings. The minimum atomic E-state index is -1.33. The lowest BCUT2D eigenvalue weighted by molar-refractivity contribution is -0.216. The average Bonchev–Trinajstić information content (AvgIpc) is 2.13. The fraction of sp³-hybridized carbons (Fsp3) is 0.929. The van der Waals surface area contributed by atoms with Crippen LogP contribution in [0.2, 0.25) is 24.2 Å². The van der Waals surface area contributed by atoms with Gasteiger partial charge in [-0.1, -0.05) is 33.9 Å². The SMILES string of the molecule is CCOC(=O)[C@]1(C)C[C@@H](C[Si](C)(C)C(C)(C)C)O1. The molecular formula is C14H28O3Si. The molecule has 0 aromatic heterocycles. The summed E-state index contributed by atoms with van der Waals surface area (Å²) in [6, 6.07) is 1.12. The van der Waals surface area contributed by atoms with Gasteiger partial charge in [-0.05, 0) is 24.9 Å². The molecule has 0 amide bonds. The number of esters is 1. The van der Waals surface area contributed by atoms with Gasteiger partial charge < -0.3 is 9.47 Å². The highest BCUT2D eigenvalue weighted by Crippen LogP contribution is 2.44. The number of ether oxygens (including phenoxy) is 2. The first-order chi connectivity index (χ1) is 8.02. The molecule has 3 nitrogen and oxygen atoms in total. The van der Waals surface area contributed by atoms with E-state index in [0.29, 0.717) is 11.6 Å². The van der Waals surface area contributed by atoms with E-state index in [1.165, 1.54) is 0 Å². The van der Waals surface area contributed by atoms with E-state index in [1.807, 2.05) is 13.8 Å². The normalized spacial score (nSPS) is 28.7. The predicted octanol–water partition coefficient (Wildman–Crippen LogP) is 3.61. The molecule has 0 spiro atoms. The van der Waals surface area contributed by atoms with Crippen molar-refractivity contribution in [3.8, 4) is 0 Å². The minimum absolute atomic E-state index is 0.212. The van der Waals surface area contributed by atoms with Crippen molar-refractivity contribution in [2.75, 3.05) is 6.61 Å². The Morgan fingerprint density at radius 3 is 2.33 bits per heavy atom. The number of carbonyl (C=O) groups is 1. The predicted molar refractivity (Wildman–Crippen MR) is 76.5 cm³/mol. The van der Waals surface area contributed by atoms with Crippen LogP contribution in [-0.2, 0) is 14.3 Å². The van der Waals surface area contributed by atoms with E-state index in [1.54, 1.807) is 0 Å². The van der Waals surface area contributed by atoms with Gasteiger partial charge in [0.05, 0.1) is 20.8 Å². The standard InChI is InChI=1S/C14H28O3Si/c1-8-16-12(15)14(5)9-11(17-14)10-18(6,7)13(2,3)4/h11H,8-10H2,1-7H3/t11-,14-/m0/s1. The molecule has 1 aliphatic rings. The Labute approximate surface area is 112 Å². The van der Waals surface area contributed by atoms with Crippen molar-refractivity contribution in [3.05, 3.63) is 0 Å². The smallest absolute Gasteiger partial charge is 0.338 e. The summed E-state index contributed by atoms with van der Waals surface area (Å²) >= 11 is 0. The van der Waals surface area contributed by atoms with Crippen LogP contribution in [0.25, 0.3) is 0 Å². The first-order valence-corrected chi connectivity index (χ1v) is 10.1. The molecule has 1 heterocycles. The highest BCUT2D eigenvalue weighted by Gasteiger charge is 2.51. The molecule has 0 N–H and O–H groups in total. The van der Waals surface area contributed by atoms with Gasteiger partial charge in [0.15, 0.2) is 5.60 Å². The molecule has 1 aliphatic heterocycles. The summed E-state index contributed by atoms with van der Waals surface area (Å²) in [4.78, 5) is 11.7. The maximum Gasteiger partial charge on any atom is 0.338 e. The molecule has 0 aromatic rings. The third-order valence-corrected chi connectivity index (χ3v) is 10.1. The van der Waals surface area contributed by atoms with Crippen LogP contribution in [0.5, 0.6) is 0 Å². The number of hydrogen-bond donors (Lipinski definition) is 0. The fourth-order valence-electron chi connectivity index (χ4n) is 2.20. The third-order valence-electron chi connectivity index (χ3n) is 4.52. The zero-order valence-corrected chi connectivity index (χ0v) is 13.9. The lowest BCUT2D eigenvalue weighted by atomic mass is 9.92. The maximum atomic E-state index is 11.7. The van der Waals surface area contributed by atoms with Gasteiger partial charge in [0, 0.05) is 6.42 Å². The summed E-state index contributed by atoms with van der Waals surface area (Å²) in [5.41, 5.74) is -0.691. The maximum absolute atomic E-state index is 11.7. The van der Waals surface area contributed by atoms with Gasteiger partial charge in [0.2, 0.25) is 0 Å². The zero-order chi connectivity index (χ0) is 14.2. The van der Waals surface area contributed by atoms with Crippen LogP contribution in [0.1, 0.15) is 41.0 Å². The summed E-state index contributed by atoms with van der Waals surface area (Å²) in [5, 5.41) is 0.367. The first kappa shape index (κ1) is 15.7. The summed E-state index contributed by atoms with van der Waals surface area (Å²) in [6.45, 7) is 15.8. The molecule has 18 heavy (non-hydrogen) atoms. The van der Waals surface area contributed by atoms with Crippen molar-refractivity contribution in [3.63, 3.8) is 0 Å². The Morgan fingerprint density at radius 2 is 1.94 bits per heavy atom.